The van der Waals surface area contributed by atoms with E-state index in [1.807, 2.05) is 0 Å². The van der Waals surface area contributed by atoms with E-state index in [0.29, 0.717) is 11.0 Å². The van der Waals surface area contributed by atoms with E-state index >= 15 is 0 Å². The normalized spacial score (nSPS) is 36.4. The minimum absolute atomic E-state index is 0.307. The molecule has 0 spiro atoms. The Bertz CT molecular complexity index is 320. The van der Waals surface area contributed by atoms with Gasteiger partial charge in [0.25, 0.3) is 0 Å². The smallest absolute Gasteiger partial charge is 0.0334 e. The van der Waals surface area contributed by atoms with Gasteiger partial charge < -0.3 is 5.73 Å². The molecule has 0 aromatic heterocycles. The number of likely N-dealkylation sites (tertiary alicyclic amines) is 1. The minimum atomic E-state index is 0.307. The zero-order valence-corrected chi connectivity index (χ0v) is 15.0. The van der Waals surface area contributed by atoms with E-state index in [1.165, 1.54) is 64.3 Å². The molecule has 0 amide bonds. The third-order valence-corrected chi connectivity index (χ3v) is 6.47. The first-order chi connectivity index (χ1) is 9.93. The van der Waals surface area contributed by atoms with Gasteiger partial charge in [-0.3, -0.25) is 4.90 Å². The van der Waals surface area contributed by atoms with E-state index in [9.17, 15) is 0 Å². The van der Waals surface area contributed by atoms with Crippen molar-refractivity contribution in [1.29, 1.82) is 0 Å². The van der Waals surface area contributed by atoms with Crippen molar-refractivity contribution in [1.82, 2.24) is 4.90 Å². The second-order valence-corrected chi connectivity index (χ2v) is 8.67. The van der Waals surface area contributed by atoms with Crippen LogP contribution in [0.5, 0.6) is 0 Å². The number of piperidine rings is 1. The first kappa shape index (κ1) is 17.3. The van der Waals surface area contributed by atoms with Crippen molar-refractivity contribution >= 4 is 0 Å². The molecule has 1 heterocycles. The maximum absolute atomic E-state index is 6.37. The minimum Gasteiger partial charge on any atom is -0.329 e. The van der Waals surface area contributed by atoms with Crippen LogP contribution in [-0.4, -0.2) is 29.6 Å². The maximum atomic E-state index is 6.37. The molecule has 2 rings (SSSR count). The van der Waals surface area contributed by atoms with Crippen LogP contribution >= 0.6 is 0 Å². The molecular weight excluding hydrogens is 256 g/mol. The Morgan fingerprint density at radius 3 is 2.43 bits per heavy atom. The lowest BCUT2D eigenvalue weighted by Crippen LogP contribution is -2.59. The Hall–Kier alpha value is -0.0800. The number of nitrogens with zero attached hydrogens (tertiary/aromatic N) is 1. The van der Waals surface area contributed by atoms with E-state index in [1.54, 1.807) is 0 Å². The van der Waals surface area contributed by atoms with E-state index in [-0.39, 0.29) is 0 Å². The molecule has 3 atom stereocenters. The van der Waals surface area contributed by atoms with Crippen LogP contribution in [-0.2, 0) is 0 Å². The van der Waals surface area contributed by atoms with Crippen molar-refractivity contribution in [2.24, 2.45) is 17.1 Å². The lowest BCUT2D eigenvalue weighted by atomic mass is 9.76. The predicted molar refractivity (Wildman–Crippen MR) is 92.5 cm³/mol. The predicted octanol–water partition coefficient (Wildman–Crippen LogP) is 4.57. The topological polar surface area (TPSA) is 29.3 Å². The highest BCUT2D eigenvalue weighted by Gasteiger charge is 2.42. The SMILES string of the molecule is CCC1CCCCN1C1(CN)CCCC(C(C)(C)C)CC1. The van der Waals surface area contributed by atoms with Gasteiger partial charge in [-0.2, -0.15) is 0 Å². The Labute approximate surface area is 132 Å². The average Bonchev–Trinajstić information content (AvgIpc) is 2.70. The molecule has 0 bridgehead atoms. The van der Waals surface area contributed by atoms with E-state index in [2.05, 4.69) is 32.6 Å². The number of nitrogens with two attached hydrogens (primary N) is 1. The van der Waals surface area contributed by atoms with Crippen LogP contribution in [0, 0.1) is 11.3 Å². The Kier molecular flexibility index (Phi) is 5.76. The summed E-state index contributed by atoms with van der Waals surface area (Å²) in [4.78, 5) is 2.85. The number of rotatable bonds is 3. The second-order valence-electron chi connectivity index (χ2n) is 8.67. The largest absolute Gasteiger partial charge is 0.329 e. The summed E-state index contributed by atoms with van der Waals surface area (Å²) in [6, 6.07) is 0.786. The summed E-state index contributed by atoms with van der Waals surface area (Å²) in [5.41, 5.74) is 7.13. The van der Waals surface area contributed by atoms with Gasteiger partial charge >= 0.3 is 0 Å². The second kappa shape index (κ2) is 7.00. The van der Waals surface area contributed by atoms with Crippen molar-refractivity contribution in [2.75, 3.05) is 13.1 Å². The summed E-state index contributed by atoms with van der Waals surface area (Å²) in [7, 11) is 0. The first-order valence-corrected chi connectivity index (χ1v) is 9.40. The van der Waals surface area contributed by atoms with Gasteiger partial charge in [0.15, 0.2) is 0 Å². The van der Waals surface area contributed by atoms with E-state index in [4.69, 9.17) is 5.73 Å². The fourth-order valence-corrected chi connectivity index (χ4v) is 4.91. The molecule has 124 valence electrons. The molecule has 2 N–H and O–H groups in total. The molecule has 3 unspecified atom stereocenters. The Morgan fingerprint density at radius 1 is 1.05 bits per heavy atom. The van der Waals surface area contributed by atoms with E-state index in [0.717, 1.165) is 18.5 Å². The van der Waals surface area contributed by atoms with Gasteiger partial charge in [-0.05, 0) is 62.8 Å². The Morgan fingerprint density at radius 2 is 1.81 bits per heavy atom. The lowest BCUT2D eigenvalue weighted by Gasteiger charge is -2.50. The average molecular weight is 295 g/mol. The van der Waals surface area contributed by atoms with Gasteiger partial charge in [0.1, 0.15) is 0 Å². The van der Waals surface area contributed by atoms with Crippen LogP contribution in [0.3, 0.4) is 0 Å². The summed E-state index contributed by atoms with van der Waals surface area (Å²) < 4.78 is 0. The highest BCUT2D eigenvalue weighted by molar-refractivity contribution is 4.98. The monoisotopic (exact) mass is 294 g/mol. The molecule has 1 saturated heterocycles. The van der Waals surface area contributed by atoms with Crippen molar-refractivity contribution in [3.05, 3.63) is 0 Å². The van der Waals surface area contributed by atoms with Crippen LogP contribution in [0.2, 0.25) is 0 Å². The van der Waals surface area contributed by atoms with Gasteiger partial charge in [-0.25, -0.2) is 0 Å². The molecule has 2 fully saturated rings. The van der Waals surface area contributed by atoms with Gasteiger partial charge in [0.2, 0.25) is 0 Å². The zero-order chi connectivity index (χ0) is 15.5. The van der Waals surface area contributed by atoms with Crippen LogP contribution in [0.25, 0.3) is 0 Å². The molecule has 1 aliphatic heterocycles. The highest BCUT2D eigenvalue weighted by atomic mass is 15.2. The fourth-order valence-electron chi connectivity index (χ4n) is 4.91. The van der Waals surface area contributed by atoms with Gasteiger partial charge in [0.05, 0.1) is 0 Å². The Balaban J connectivity index is 2.13. The third-order valence-electron chi connectivity index (χ3n) is 6.47. The highest BCUT2D eigenvalue weighted by Crippen LogP contribution is 2.43. The number of hydrogen-bond acceptors (Lipinski definition) is 2. The molecule has 0 radical (unpaired) electrons. The number of hydrogen-bond donors (Lipinski definition) is 1. The molecule has 2 nitrogen and oxygen atoms in total. The van der Waals surface area contributed by atoms with Crippen molar-refractivity contribution in [2.45, 2.75) is 97.1 Å². The third kappa shape index (κ3) is 3.82. The van der Waals surface area contributed by atoms with Gasteiger partial charge in [0, 0.05) is 18.1 Å². The van der Waals surface area contributed by atoms with Crippen LogP contribution in [0.4, 0.5) is 0 Å². The molecule has 2 heteroatoms. The first-order valence-electron chi connectivity index (χ1n) is 9.40. The van der Waals surface area contributed by atoms with Crippen LogP contribution in [0.1, 0.15) is 85.5 Å². The quantitative estimate of drug-likeness (QED) is 0.772. The summed E-state index contributed by atoms with van der Waals surface area (Å²) in [5, 5.41) is 0. The molecule has 1 saturated carbocycles. The summed E-state index contributed by atoms with van der Waals surface area (Å²) >= 11 is 0. The molecule has 21 heavy (non-hydrogen) atoms. The van der Waals surface area contributed by atoms with Gasteiger partial charge in [-0.1, -0.05) is 40.5 Å². The molecule has 1 aliphatic carbocycles. The van der Waals surface area contributed by atoms with Gasteiger partial charge in [-0.15, -0.1) is 0 Å². The molecule has 2 aliphatic rings. The summed E-state index contributed by atoms with van der Waals surface area (Å²) in [6.45, 7) is 11.8. The standard InChI is InChI=1S/C19H38N2/c1-5-17-10-6-7-14-21(17)19(15-20)12-8-9-16(11-13-19)18(2,3)4/h16-17H,5-15,20H2,1-4H3. The van der Waals surface area contributed by atoms with Crippen molar-refractivity contribution < 1.29 is 0 Å². The maximum Gasteiger partial charge on any atom is 0.0334 e. The van der Waals surface area contributed by atoms with Crippen LogP contribution < -0.4 is 5.73 Å². The molecule has 0 aromatic carbocycles. The summed E-state index contributed by atoms with van der Waals surface area (Å²) in [6.07, 6.45) is 12.3. The molecular formula is C19H38N2. The fraction of sp³-hybridized carbons (Fsp3) is 1.00. The van der Waals surface area contributed by atoms with E-state index < -0.39 is 0 Å². The van der Waals surface area contributed by atoms with Crippen molar-refractivity contribution in [3.63, 3.8) is 0 Å². The van der Waals surface area contributed by atoms with Crippen molar-refractivity contribution in [3.8, 4) is 0 Å². The lowest BCUT2D eigenvalue weighted by molar-refractivity contribution is 0.00793. The van der Waals surface area contributed by atoms with Crippen LogP contribution in [0.15, 0.2) is 0 Å². The zero-order valence-electron chi connectivity index (χ0n) is 15.0. The summed E-state index contributed by atoms with van der Waals surface area (Å²) in [5.74, 6) is 0.871. The molecule has 0 aromatic rings.